The third-order valence-electron chi connectivity index (χ3n) is 4.56. The average Bonchev–Trinajstić information content (AvgIpc) is 3.12. The zero-order valence-corrected chi connectivity index (χ0v) is 19.8. The molecule has 0 unspecified atom stereocenters. The van der Waals surface area contributed by atoms with Crippen LogP contribution in [-0.2, 0) is 9.84 Å². The second kappa shape index (κ2) is 8.49. The highest BCUT2D eigenvalue weighted by Crippen LogP contribution is 2.36. The third-order valence-corrected chi connectivity index (χ3v) is 7.10. The molecule has 4 rings (SSSR count). The van der Waals surface area contributed by atoms with Crippen LogP contribution in [0, 0.1) is 13.8 Å². The molecule has 0 saturated carbocycles. The molecule has 3 aromatic carbocycles. The van der Waals surface area contributed by atoms with Gasteiger partial charge in [-0.2, -0.15) is 4.98 Å². The Hall–Kier alpha value is -2.61. The number of hydrogen-bond donors (Lipinski definition) is 1. The SMILES string of the molecule is Cc1cc(C)cc(Nc2oc(-c3ccccc3Cl)nc2S(=O)(=O)c2ccc(Br)cc2)c1. The second-order valence-electron chi connectivity index (χ2n) is 7.09. The molecule has 1 heterocycles. The fourth-order valence-corrected chi connectivity index (χ4v) is 4.96. The van der Waals surface area contributed by atoms with E-state index in [4.69, 9.17) is 16.0 Å². The van der Waals surface area contributed by atoms with E-state index in [9.17, 15) is 8.42 Å². The van der Waals surface area contributed by atoms with Gasteiger partial charge in [-0.05, 0) is 73.5 Å². The Morgan fingerprint density at radius 2 is 1.61 bits per heavy atom. The van der Waals surface area contributed by atoms with Gasteiger partial charge >= 0.3 is 0 Å². The van der Waals surface area contributed by atoms with Crippen molar-refractivity contribution < 1.29 is 12.8 Å². The molecular weight excluding hydrogens is 500 g/mol. The van der Waals surface area contributed by atoms with E-state index in [-0.39, 0.29) is 21.7 Å². The Morgan fingerprint density at radius 1 is 0.968 bits per heavy atom. The summed E-state index contributed by atoms with van der Waals surface area (Å²) in [5.74, 6) is 0.149. The van der Waals surface area contributed by atoms with Crippen molar-refractivity contribution in [3.8, 4) is 11.5 Å². The Balaban J connectivity index is 1.88. The maximum absolute atomic E-state index is 13.4. The first-order valence-electron chi connectivity index (χ1n) is 9.36. The van der Waals surface area contributed by atoms with E-state index in [2.05, 4.69) is 26.2 Å². The fourth-order valence-electron chi connectivity index (χ4n) is 3.22. The van der Waals surface area contributed by atoms with Gasteiger partial charge < -0.3 is 9.73 Å². The zero-order valence-electron chi connectivity index (χ0n) is 16.7. The molecule has 8 heteroatoms. The van der Waals surface area contributed by atoms with Crippen LogP contribution in [0.25, 0.3) is 11.5 Å². The van der Waals surface area contributed by atoms with Gasteiger partial charge in [0.05, 0.1) is 15.5 Å². The van der Waals surface area contributed by atoms with Gasteiger partial charge in [0.2, 0.25) is 26.6 Å². The van der Waals surface area contributed by atoms with Crippen molar-refractivity contribution in [3.63, 3.8) is 0 Å². The fraction of sp³-hybridized carbons (Fsp3) is 0.0870. The molecule has 0 aliphatic carbocycles. The van der Waals surface area contributed by atoms with Gasteiger partial charge in [-0.3, -0.25) is 0 Å². The lowest BCUT2D eigenvalue weighted by molar-refractivity contribution is 0.582. The van der Waals surface area contributed by atoms with Gasteiger partial charge in [0, 0.05) is 10.2 Å². The van der Waals surface area contributed by atoms with E-state index in [0.29, 0.717) is 16.3 Å². The predicted octanol–water partition coefficient (Wildman–Crippen LogP) is 6.95. The average molecular weight is 518 g/mol. The number of nitrogens with one attached hydrogen (secondary N) is 1. The van der Waals surface area contributed by atoms with Crippen molar-refractivity contribution in [1.29, 1.82) is 0 Å². The summed E-state index contributed by atoms with van der Waals surface area (Å²) < 4.78 is 33.5. The Kier molecular flexibility index (Phi) is 5.92. The number of benzene rings is 3. The van der Waals surface area contributed by atoms with Crippen LogP contribution in [0.2, 0.25) is 5.02 Å². The summed E-state index contributed by atoms with van der Waals surface area (Å²) in [6, 6.07) is 19.2. The molecule has 5 nitrogen and oxygen atoms in total. The number of anilines is 2. The number of oxazole rings is 1. The molecule has 0 spiro atoms. The molecule has 4 aromatic rings. The lowest BCUT2D eigenvalue weighted by Crippen LogP contribution is -2.05. The number of hydrogen-bond acceptors (Lipinski definition) is 5. The first kappa shape index (κ1) is 21.6. The van der Waals surface area contributed by atoms with Crippen LogP contribution in [-0.4, -0.2) is 13.4 Å². The summed E-state index contributed by atoms with van der Waals surface area (Å²) in [5, 5.41) is 3.30. The quantitative estimate of drug-likeness (QED) is 0.310. The first-order valence-corrected chi connectivity index (χ1v) is 12.0. The smallest absolute Gasteiger partial charge is 0.238 e. The summed E-state index contributed by atoms with van der Waals surface area (Å²) in [7, 11) is -3.96. The van der Waals surface area contributed by atoms with Crippen LogP contribution in [0.3, 0.4) is 0 Å². The van der Waals surface area contributed by atoms with Crippen LogP contribution >= 0.6 is 27.5 Å². The summed E-state index contributed by atoms with van der Waals surface area (Å²) >= 11 is 9.62. The van der Waals surface area contributed by atoms with Crippen molar-refractivity contribution in [2.45, 2.75) is 23.8 Å². The minimum Gasteiger partial charge on any atom is -0.419 e. The molecule has 0 radical (unpaired) electrons. The molecule has 0 amide bonds. The molecule has 0 atom stereocenters. The monoisotopic (exact) mass is 516 g/mol. The van der Waals surface area contributed by atoms with Gasteiger partial charge in [0.15, 0.2) is 0 Å². The van der Waals surface area contributed by atoms with Gasteiger partial charge in [0.1, 0.15) is 0 Å². The molecule has 158 valence electrons. The molecule has 1 N–H and O–H groups in total. The van der Waals surface area contributed by atoms with Crippen molar-refractivity contribution in [3.05, 3.63) is 87.4 Å². The van der Waals surface area contributed by atoms with Crippen molar-refractivity contribution in [1.82, 2.24) is 4.98 Å². The molecule has 0 saturated heterocycles. The van der Waals surface area contributed by atoms with Gasteiger partial charge in [-0.25, -0.2) is 8.42 Å². The maximum atomic E-state index is 13.4. The summed E-state index contributed by atoms with van der Waals surface area (Å²) in [4.78, 5) is 4.45. The van der Waals surface area contributed by atoms with Crippen LogP contribution in [0.4, 0.5) is 11.6 Å². The standard InChI is InChI=1S/C23H18BrClN2O3S/c1-14-11-15(2)13-17(12-14)26-22-23(31(28,29)18-9-7-16(24)8-10-18)27-21(30-22)19-5-3-4-6-20(19)25/h3-13,26H,1-2H3. The van der Waals surface area contributed by atoms with Crippen LogP contribution in [0.15, 0.2) is 85.5 Å². The topological polar surface area (TPSA) is 72.2 Å². The van der Waals surface area contributed by atoms with E-state index in [1.165, 1.54) is 12.1 Å². The molecule has 31 heavy (non-hydrogen) atoms. The van der Waals surface area contributed by atoms with Crippen LogP contribution < -0.4 is 5.32 Å². The summed E-state index contributed by atoms with van der Waals surface area (Å²) in [6.07, 6.45) is 0. The van der Waals surface area contributed by atoms with Gasteiger partial charge in [-0.15, -0.1) is 0 Å². The molecule has 0 aliphatic rings. The highest BCUT2D eigenvalue weighted by molar-refractivity contribution is 9.10. The van der Waals surface area contributed by atoms with E-state index >= 15 is 0 Å². The Bertz CT molecular complexity index is 1350. The minimum atomic E-state index is -3.96. The highest BCUT2D eigenvalue weighted by atomic mass is 79.9. The van der Waals surface area contributed by atoms with Crippen molar-refractivity contribution in [2.24, 2.45) is 0 Å². The number of halogens is 2. The van der Waals surface area contributed by atoms with Gasteiger partial charge in [-0.1, -0.05) is 45.7 Å². The molecule has 0 bridgehead atoms. The van der Waals surface area contributed by atoms with E-state index < -0.39 is 9.84 Å². The van der Waals surface area contributed by atoms with Crippen molar-refractivity contribution in [2.75, 3.05) is 5.32 Å². The summed E-state index contributed by atoms with van der Waals surface area (Å²) in [5.41, 5.74) is 3.27. The Labute approximate surface area is 194 Å². The maximum Gasteiger partial charge on any atom is 0.238 e. The Morgan fingerprint density at radius 3 is 2.26 bits per heavy atom. The molecule has 1 aromatic heterocycles. The largest absolute Gasteiger partial charge is 0.419 e. The van der Waals surface area contributed by atoms with Crippen LogP contribution in [0.5, 0.6) is 0 Å². The van der Waals surface area contributed by atoms with Crippen molar-refractivity contribution >= 4 is 48.9 Å². The molecule has 0 aliphatic heterocycles. The number of sulfone groups is 1. The minimum absolute atomic E-state index is 0.0304. The predicted molar refractivity (Wildman–Crippen MR) is 126 cm³/mol. The lowest BCUT2D eigenvalue weighted by Gasteiger charge is -2.08. The zero-order chi connectivity index (χ0) is 22.2. The third kappa shape index (κ3) is 4.54. The number of nitrogens with zero attached hydrogens (tertiary/aromatic N) is 1. The van der Waals surface area contributed by atoms with E-state index in [1.807, 2.05) is 32.0 Å². The second-order valence-corrected chi connectivity index (χ2v) is 10.3. The highest BCUT2D eigenvalue weighted by Gasteiger charge is 2.29. The number of aromatic nitrogens is 1. The summed E-state index contributed by atoms with van der Waals surface area (Å²) in [6.45, 7) is 3.93. The number of aryl methyl sites for hydroxylation is 2. The normalized spacial score (nSPS) is 11.5. The van der Waals surface area contributed by atoms with E-state index in [0.717, 1.165) is 15.6 Å². The van der Waals surface area contributed by atoms with Gasteiger partial charge in [0.25, 0.3) is 0 Å². The molecule has 0 fully saturated rings. The lowest BCUT2D eigenvalue weighted by atomic mass is 10.1. The first-order chi connectivity index (χ1) is 14.7. The number of rotatable bonds is 5. The molecular formula is C23H18BrClN2O3S. The van der Waals surface area contributed by atoms with E-state index in [1.54, 1.807) is 36.4 Å². The van der Waals surface area contributed by atoms with Crippen LogP contribution in [0.1, 0.15) is 11.1 Å².